The second-order valence-electron chi connectivity index (χ2n) is 5.03. The van der Waals surface area contributed by atoms with Crippen LogP contribution in [0.3, 0.4) is 0 Å². The average Bonchev–Trinajstić information content (AvgIpc) is 2.46. The Morgan fingerprint density at radius 1 is 1.20 bits per heavy atom. The summed E-state index contributed by atoms with van der Waals surface area (Å²) in [5.41, 5.74) is 1.13. The van der Waals surface area contributed by atoms with Crippen LogP contribution in [0, 0.1) is 0 Å². The standard InChI is InChI=1S/C15H24N2O3/c1-17(2)7-9-18-8-6-16-12-13-4-3-5-14-15(13)20-11-10-19-14/h3-5,16H,6-12H2,1-2H3. The van der Waals surface area contributed by atoms with Gasteiger partial charge in [-0.15, -0.1) is 0 Å². The number of benzene rings is 1. The Bertz CT molecular complexity index is 410. The molecule has 1 heterocycles. The molecule has 1 aromatic rings. The summed E-state index contributed by atoms with van der Waals surface area (Å²) in [6.07, 6.45) is 0. The van der Waals surface area contributed by atoms with Gasteiger partial charge >= 0.3 is 0 Å². The fourth-order valence-corrected chi connectivity index (χ4v) is 1.99. The highest BCUT2D eigenvalue weighted by atomic mass is 16.6. The molecule has 0 unspecified atom stereocenters. The molecule has 0 atom stereocenters. The minimum absolute atomic E-state index is 0.623. The molecular weight excluding hydrogens is 256 g/mol. The fraction of sp³-hybridized carbons (Fsp3) is 0.600. The lowest BCUT2D eigenvalue weighted by Crippen LogP contribution is -2.24. The summed E-state index contributed by atoms with van der Waals surface area (Å²) >= 11 is 0. The molecule has 0 amide bonds. The maximum absolute atomic E-state index is 5.67. The molecule has 0 saturated carbocycles. The fourth-order valence-electron chi connectivity index (χ4n) is 1.99. The molecule has 1 aliphatic heterocycles. The zero-order chi connectivity index (χ0) is 14.2. The first-order chi connectivity index (χ1) is 9.77. The molecule has 20 heavy (non-hydrogen) atoms. The molecule has 5 heteroatoms. The Balaban J connectivity index is 1.67. The number of nitrogens with one attached hydrogen (secondary N) is 1. The molecule has 1 aliphatic rings. The lowest BCUT2D eigenvalue weighted by molar-refractivity contribution is 0.119. The van der Waals surface area contributed by atoms with Crippen molar-refractivity contribution in [3.63, 3.8) is 0 Å². The van der Waals surface area contributed by atoms with Crippen molar-refractivity contribution in [2.24, 2.45) is 0 Å². The van der Waals surface area contributed by atoms with Crippen molar-refractivity contribution >= 4 is 0 Å². The van der Waals surface area contributed by atoms with Crippen LogP contribution in [0.4, 0.5) is 0 Å². The molecule has 0 aliphatic carbocycles. The summed E-state index contributed by atoms with van der Waals surface area (Å²) in [5, 5.41) is 3.37. The highest BCUT2D eigenvalue weighted by molar-refractivity contribution is 5.47. The minimum atomic E-state index is 0.623. The largest absolute Gasteiger partial charge is 0.486 e. The summed E-state index contributed by atoms with van der Waals surface area (Å²) in [5.74, 6) is 1.72. The van der Waals surface area contributed by atoms with E-state index in [4.69, 9.17) is 14.2 Å². The van der Waals surface area contributed by atoms with E-state index in [-0.39, 0.29) is 0 Å². The van der Waals surface area contributed by atoms with Crippen LogP contribution in [0.15, 0.2) is 18.2 Å². The van der Waals surface area contributed by atoms with Crippen molar-refractivity contribution in [1.82, 2.24) is 10.2 Å². The van der Waals surface area contributed by atoms with Crippen LogP contribution in [0.1, 0.15) is 5.56 Å². The number of rotatable bonds is 8. The van der Waals surface area contributed by atoms with Crippen LogP contribution in [-0.4, -0.2) is 58.5 Å². The third kappa shape index (κ3) is 4.67. The van der Waals surface area contributed by atoms with E-state index >= 15 is 0 Å². The summed E-state index contributed by atoms with van der Waals surface area (Å²) in [4.78, 5) is 2.11. The quantitative estimate of drug-likeness (QED) is 0.723. The molecule has 0 radical (unpaired) electrons. The van der Waals surface area contributed by atoms with E-state index in [1.807, 2.05) is 26.2 Å². The summed E-state index contributed by atoms with van der Waals surface area (Å²) < 4.78 is 16.8. The van der Waals surface area contributed by atoms with Gasteiger partial charge in [-0.05, 0) is 20.2 Å². The molecule has 0 saturated heterocycles. The summed E-state index contributed by atoms with van der Waals surface area (Å²) in [6.45, 7) is 5.30. The number of likely N-dealkylation sites (N-methyl/N-ethyl adjacent to an activating group) is 1. The molecule has 0 aromatic heterocycles. The van der Waals surface area contributed by atoms with E-state index in [0.717, 1.165) is 49.9 Å². The van der Waals surface area contributed by atoms with Crippen molar-refractivity contribution in [1.29, 1.82) is 0 Å². The van der Waals surface area contributed by atoms with Crippen LogP contribution in [0.2, 0.25) is 0 Å². The topological polar surface area (TPSA) is 43.0 Å². The first kappa shape index (κ1) is 15.1. The molecule has 0 bridgehead atoms. The lowest BCUT2D eigenvalue weighted by atomic mass is 10.1. The van der Waals surface area contributed by atoms with E-state index < -0.39 is 0 Å². The van der Waals surface area contributed by atoms with E-state index in [2.05, 4.69) is 16.3 Å². The zero-order valence-electron chi connectivity index (χ0n) is 12.4. The van der Waals surface area contributed by atoms with Crippen LogP contribution in [-0.2, 0) is 11.3 Å². The van der Waals surface area contributed by atoms with Crippen molar-refractivity contribution in [2.45, 2.75) is 6.54 Å². The number of nitrogens with zero attached hydrogens (tertiary/aromatic N) is 1. The monoisotopic (exact) mass is 280 g/mol. The predicted octanol–water partition coefficient (Wildman–Crippen LogP) is 1.13. The molecule has 0 spiro atoms. The second-order valence-corrected chi connectivity index (χ2v) is 5.03. The third-order valence-corrected chi connectivity index (χ3v) is 3.07. The van der Waals surface area contributed by atoms with Crippen LogP contribution in [0.25, 0.3) is 0 Å². The number of hydrogen-bond acceptors (Lipinski definition) is 5. The SMILES string of the molecule is CN(C)CCOCCNCc1cccc2c1OCCO2. The third-order valence-electron chi connectivity index (χ3n) is 3.07. The Kier molecular flexibility index (Phi) is 6.11. The molecule has 1 N–H and O–H groups in total. The van der Waals surface area contributed by atoms with Gasteiger partial charge in [0.25, 0.3) is 0 Å². The van der Waals surface area contributed by atoms with Crippen molar-refractivity contribution < 1.29 is 14.2 Å². The predicted molar refractivity (Wildman–Crippen MR) is 78.5 cm³/mol. The Hall–Kier alpha value is -1.30. The Morgan fingerprint density at radius 2 is 2.05 bits per heavy atom. The first-order valence-corrected chi connectivity index (χ1v) is 7.08. The average molecular weight is 280 g/mol. The van der Waals surface area contributed by atoms with Crippen LogP contribution < -0.4 is 14.8 Å². The number of ether oxygens (including phenoxy) is 3. The lowest BCUT2D eigenvalue weighted by Gasteiger charge is -2.21. The Morgan fingerprint density at radius 3 is 2.90 bits per heavy atom. The molecule has 112 valence electrons. The van der Waals surface area contributed by atoms with Crippen molar-refractivity contribution in [3.05, 3.63) is 23.8 Å². The molecule has 2 rings (SSSR count). The van der Waals surface area contributed by atoms with E-state index in [9.17, 15) is 0 Å². The smallest absolute Gasteiger partial charge is 0.165 e. The van der Waals surface area contributed by atoms with Gasteiger partial charge in [0.2, 0.25) is 0 Å². The summed E-state index contributed by atoms with van der Waals surface area (Å²) in [6, 6.07) is 6.01. The highest BCUT2D eigenvalue weighted by Crippen LogP contribution is 2.33. The van der Waals surface area contributed by atoms with E-state index in [1.54, 1.807) is 0 Å². The van der Waals surface area contributed by atoms with Gasteiger partial charge in [0, 0.05) is 25.2 Å². The van der Waals surface area contributed by atoms with E-state index in [0.29, 0.717) is 13.2 Å². The minimum Gasteiger partial charge on any atom is -0.486 e. The van der Waals surface area contributed by atoms with Gasteiger partial charge in [0.1, 0.15) is 13.2 Å². The maximum Gasteiger partial charge on any atom is 0.165 e. The first-order valence-electron chi connectivity index (χ1n) is 7.08. The van der Waals surface area contributed by atoms with Gasteiger partial charge in [0.05, 0.1) is 13.2 Å². The van der Waals surface area contributed by atoms with Gasteiger partial charge in [-0.2, -0.15) is 0 Å². The van der Waals surface area contributed by atoms with Crippen molar-refractivity contribution in [3.8, 4) is 11.5 Å². The van der Waals surface area contributed by atoms with E-state index in [1.165, 1.54) is 0 Å². The van der Waals surface area contributed by atoms with Gasteiger partial charge in [0.15, 0.2) is 11.5 Å². The molecule has 5 nitrogen and oxygen atoms in total. The molecule has 0 fully saturated rings. The number of fused-ring (bicyclic) bond motifs is 1. The van der Waals surface area contributed by atoms with Gasteiger partial charge in [-0.3, -0.25) is 0 Å². The molecule has 1 aromatic carbocycles. The van der Waals surface area contributed by atoms with Crippen LogP contribution >= 0.6 is 0 Å². The van der Waals surface area contributed by atoms with Crippen molar-refractivity contribution in [2.75, 3.05) is 53.6 Å². The van der Waals surface area contributed by atoms with Gasteiger partial charge < -0.3 is 24.4 Å². The van der Waals surface area contributed by atoms with Gasteiger partial charge in [-0.1, -0.05) is 12.1 Å². The Labute approximate surface area is 120 Å². The van der Waals surface area contributed by atoms with Crippen LogP contribution in [0.5, 0.6) is 11.5 Å². The highest BCUT2D eigenvalue weighted by Gasteiger charge is 2.14. The summed E-state index contributed by atoms with van der Waals surface area (Å²) in [7, 11) is 4.09. The maximum atomic E-state index is 5.67. The van der Waals surface area contributed by atoms with Gasteiger partial charge in [-0.25, -0.2) is 0 Å². The normalized spacial score (nSPS) is 13.8. The second kappa shape index (κ2) is 8.09. The number of para-hydroxylation sites is 1. The number of hydrogen-bond donors (Lipinski definition) is 1. The molecular formula is C15H24N2O3. The zero-order valence-corrected chi connectivity index (χ0v) is 12.4.